The number of halogens is 1. The topological polar surface area (TPSA) is 58.4 Å². The monoisotopic (exact) mass is 401 g/mol. The second-order valence-corrected chi connectivity index (χ2v) is 7.90. The van der Waals surface area contributed by atoms with Crippen molar-refractivity contribution in [2.75, 3.05) is 19.6 Å². The van der Waals surface area contributed by atoms with Crippen LogP contribution in [0.15, 0.2) is 52.4 Å². The van der Waals surface area contributed by atoms with Crippen LogP contribution in [0.5, 0.6) is 0 Å². The Morgan fingerprint density at radius 3 is 2.81 bits per heavy atom. The molecule has 1 amide bonds. The second-order valence-electron chi connectivity index (χ2n) is 6.54. The first-order chi connectivity index (χ1) is 13.2. The van der Waals surface area contributed by atoms with Crippen LogP contribution in [0.3, 0.4) is 0 Å². The summed E-state index contributed by atoms with van der Waals surface area (Å²) in [4.78, 5) is 15.9. The Hall–Kier alpha value is -2.15. The lowest BCUT2D eigenvalue weighted by molar-refractivity contribution is 0.0929. The molecule has 3 aromatic rings. The Bertz CT molecular complexity index is 904. The third-order valence-corrected chi connectivity index (χ3v) is 6.04. The number of nitrogens with zero attached hydrogens (tertiary/aromatic N) is 2. The Labute approximate surface area is 166 Å². The third kappa shape index (κ3) is 4.08. The molecular weight excluding hydrogens is 382 g/mol. The predicted molar refractivity (Wildman–Crippen MR) is 107 cm³/mol. The van der Waals surface area contributed by atoms with Crippen molar-refractivity contribution in [1.82, 2.24) is 15.4 Å². The molecule has 7 heteroatoms. The van der Waals surface area contributed by atoms with Crippen LogP contribution in [0.1, 0.15) is 34.9 Å². The average Bonchev–Trinajstić information content (AvgIpc) is 3.44. The number of likely N-dealkylation sites (tertiary alicyclic amines) is 1. The molecule has 1 aliphatic rings. The van der Waals surface area contributed by atoms with Gasteiger partial charge in [-0.05, 0) is 49.0 Å². The molecule has 0 aliphatic carbocycles. The Kier molecular flexibility index (Phi) is 5.57. The summed E-state index contributed by atoms with van der Waals surface area (Å²) in [6.45, 7) is 2.50. The lowest BCUT2D eigenvalue weighted by atomic mass is 10.1. The zero-order chi connectivity index (χ0) is 18.6. The van der Waals surface area contributed by atoms with Gasteiger partial charge < -0.3 is 9.84 Å². The van der Waals surface area contributed by atoms with Crippen molar-refractivity contribution in [3.8, 4) is 10.6 Å². The van der Waals surface area contributed by atoms with Crippen LogP contribution in [0.2, 0.25) is 5.02 Å². The molecule has 1 atom stereocenters. The minimum atomic E-state index is -0.238. The maximum Gasteiger partial charge on any atom is 0.273 e. The van der Waals surface area contributed by atoms with E-state index in [1.54, 1.807) is 17.4 Å². The molecule has 0 unspecified atom stereocenters. The van der Waals surface area contributed by atoms with Gasteiger partial charge in [0.05, 0.1) is 10.9 Å². The molecule has 0 bridgehead atoms. The van der Waals surface area contributed by atoms with E-state index in [2.05, 4.69) is 15.4 Å². The van der Waals surface area contributed by atoms with Gasteiger partial charge >= 0.3 is 0 Å². The fraction of sp³-hybridized carbons (Fsp3) is 0.300. The summed E-state index contributed by atoms with van der Waals surface area (Å²) in [5.41, 5.74) is 1.33. The predicted octanol–water partition coefficient (Wildman–Crippen LogP) is 4.62. The number of thiophene rings is 1. The summed E-state index contributed by atoms with van der Waals surface area (Å²) < 4.78 is 5.31. The molecule has 4 rings (SSSR count). The Morgan fingerprint density at radius 1 is 1.26 bits per heavy atom. The van der Waals surface area contributed by atoms with E-state index in [1.807, 2.05) is 41.8 Å². The van der Waals surface area contributed by atoms with Crippen LogP contribution in [-0.4, -0.2) is 35.6 Å². The Morgan fingerprint density at radius 2 is 2.07 bits per heavy atom. The van der Waals surface area contributed by atoms with E-state index in [-0.39, 0.29) is 17.6 Å². The number of carbonyl (C=O) groups is 1. The molecule has 1 N–H and O–H groups in total. The van der Waals surface area contributed by atoms with E-state index in [0.29, 0.717) is 12.3 Å². The molecule has 1 fully saturated rings. The summed E-state index contributed by atoms with van der Waals surface area (Å²) in [5, 5.41) is 9.61. The smallest absolute Gasteiger partial charge is 0.273 e. The minimum absolute atomic E-state index is 0.0498. The molecule has 140 valence electrons. The summed E-state index contributed by atoms with van der Waals surface area (Å²) in [6, 6.07) is 13.4. The highest BCUT2D eigenvalue weighted by molar-refractivity contribution is 7.13. The van der Waals surface area contributed by atoms with Crippen molar-refractivity contribution in [3.63, 3.8) is 0 Å². The van der Waals surface area contributed by atoms with E-state index >= 15 is 0 Å². The zero-order valence-electron chi connectivity index (χ0n) is 14.7. The number of hydrogen-bond donors (Lipinski definition) is 1. The molecule has 27 heavy (non-hydrogen) atoms. The van der Waals surface area contributed by atoms with E-state index < -0.39 is 0 Å². The van der Waals surface area contributed by atoms with Gasteiger partial charge in [0.25, 0.3) is 5.91 Å². The second kappa shape index (κ2) is 8.25. The number of amides is 1. The maximum absolute atomic E-state index is 12.6. The van der Waals surface area contributed by atoms with Gasteiger partial charge in [0, 0.05) is 17.6 Å². The van der Waals surface area contributed by atoms with Crippen LogP contribution in [0.4, 0.5) is 0 Å². The van der Waals surface area contributed by atoms with Crippen molar-refractivity contribution in [2.24, 2.45) is 0 Å². The molecule has 0 saturated carbocycles. The highest BCUT2D eigenvalue weighted by atomic mass is 35.5. The van der Waals surface area contributed by atoms with E-state index in [4.69, 9.17) is 16.1 Å². The average molecular weight is 402 g/mol. The van der Waals surface area contributed by atoms with E-state index in [9.17, 15) is 4.79 Å². The van der Waals surface area contributed by atoms with Gasteiger partial charge in [-0.25, -0.2) is 0 Å². The number of hydrogen-bond acceptors (Lipinski definition) is 5. The quantitative estimate of drug-likeness (QED) is 0.654. The van der Waals surface area contributed by atoms with E-state index in [1.165, 1.54) is 12.8 Å². The van der Waals surface area contributed by atoms with Crippen LogP contribution < -0.4 is 5.32 Å². The molecule has 3 heterocycles. The van der Waals surface area contributed by atoms with Crippen LogP contribution in [0.25, 0.3) is 10.6 Å². The fourth-order valence-electron chi connectivity index (χ4n) is 3.43. The Balaban J connectivity index is 1.47. The van der Waals surface area contributed by atoms with Crippen molar-refractivity contribution < 1.29 is 9.32 Å². The van der Waals surface area contributed by atoms with Crippen molar-refractivity contribution in [2.45, 2.75) is 18.9 Å². The first kappa shape index (κ1) is 18.2. The molecule has 1 aromatic carbocycles. The number of rotatable bonds is 6. The van der Waals surface area contributed by atoms with Gasteiger partial charge in [0.2, 0.25) is 0 Å². The maximum atomic E-state index is 12.6. The molecule has 0 spiro atoms. The molecule has 5 nitrogen and oxygen atoms in total. The standard InChI is InChI=1S/C20H20ClN3O2S/c21-15-7-2-1-6-14(15)17(24-9-3-4-10-24)13-22-20(25)16-12-18(26-23-16)19-8-5-11-27-19/h1-2,5-8,11-12,17H,3-4,9-10,13H2,(H,22,25)/t17-/m0/s1. The minimum Gasteiger partial charge on any atom is -0.355 e. The normalized spacial score (nSPS) is 15.7. The van der Waals surface area contributed by atoms with E-state index in [0.717, 1.165) is 28.6 Å². The fourth-order valence-corrected chi connectivity index (χ4v) is 4.37. The molecule has 1 saturated heterocycles. The van der Waals surface area contributed by atoms with Crippen molar-refractivity contribution >= 4 is 28.8 Å². The highest BCUT2D eigenvalue weighted by Crippen LogP contribution is 2.30. The lowest BCUT2D eigenvalue weighted by Gasteiger charge is -2.28. The first-order valence-electron chi connectivity index (χ1n) is 8.99. The van der Waals surface area contributed by atoms with Crippen LogP contribution >= 0.6 is 22.9 Å². The molecule has 2 aromatic heterocycles. The largest absolute Gasteiger partial charge is 0.355 e. The summed E-state index contributed by atoms with van der Waals surface area (Å²) in [7, 11) is 0. The van der Waals surface area contributed by atoms with Crippen LogP contribution in [0, 0.1) is 0 Å². The van der Waals surface area contributed by atoms with Crippen LogP contribution in [-0.2, 0) is 0 Å². The molecule has 0 radical (unpaired) electrons. The van der Waals surface area contributed by atoms with Gasteiger partial charge in [0.1, 0.15) is 0 Å². The van der Waals surface area contributed by atoms with Gasteiger partial charge in [-0.3, -0.25) is 9.69 Å². The summed E-state index contributed by atoms with van der Waals surface area (Å²) in [5.74, 6) is 0.371. The van der Waals surface area contributed by atoms with Gasteiger partial charge in [-0.2, -0.15) is 0 Å². The van der Waals surface area contributed by atoms with Gasteiger partial charge in [-0.1, -0.05) is 41.0 Å². The lowest BCUT2D eigenvalue weighted by Crippen LogP contribution is -2.37. The summed E-state index contributed by atoms with van der Waals surface area (Å²) >= 11 is 7.97. The number of benzene rings is 1. The number of carbonyl (C=O) groups excluding carboxylic acids is 1. The van der Waals surface area contributed by atoms with Crippen molar-refractivity contribution in [1.29, 1.82) is 0 Å². The highest BCUT2D eigenvalue weighted by Gasteiger charge is 2.26. The molecule has 1 aliphatic heterocycles. The van der Waals surface area contributed by atoms with Crippen molar-refractivity contribution in [3.05, 3.63) is 64.1 Å². The first-order valence-corrected chi connectivity index (χ1v) is 10.3. The summed E-state index contributed by atoms with van der Waals surface area (Å²) in [6.07, 6.45) is 2.34. The third-order valence-electron chi connectivity index (χ3n) is 4.81. The number of nitrogens with one attached hydrogen (secondary N) is 1. The SMILES string of the molecule is O=C(NC[C@@H](c1ccccc1Cl)N1CCCC1)c1cc(-c2cccs2)on1. The zero-order valence-corrected chi connectivity index (χ0v) is 16.3. The molecular formula is C20H20ClN3O2S. The number of aromatic nitrogens is 1. The van der Waals surface area contributed by atoms with Gasteiger partial charge in [0.15, 0.2) is 11.5 Å². The van der Waals surface area contributed by atoms with Gasteiger partial charge in [-0.15, -0.1) is 11.3 Å².